The van der Waals surface area contributed by atoms with Gasteiger partial charge in [-0.1, -0.05) is 6.07 Å². The van der Waals surface area contributed by atoms with E-state index in [-0.39, 0.29) is 23.6 Å². The average Bonchev–Trinajstić information content (AvgIpc) is 2.82. The number of pyridine rings is 1. The van der Waals surface area contributed by atoms with E-state index in [0.717, 1.165) is 11.1 Å². The molecule has 0 aliphatic carbocycles. The third kappa shape index (κ3) is 4.63. The van der Waals surface area contributed by atoms with Crippen molar-refractivity contribution in [2.24, 2.45) is 4.99 Å². The van der Waals surface area contributed by atoms with Crippen molar-refractivity contribution in [1.29, 1.82) is 0 Å². The normalized spacial score (nSPS) is 11.6. The van der Waals surface area contributed by atoms with Crippen LogP contribution >= 0.6 is 0 Å². The number of anilines is 1. The number of amides is 1. The third-order valence-electron chi connectivity index (χ3n) is 5.53. The smallest absolute Gasteiger partial charge is 0.261 e. The fraction of sp³-hybridized carbons (Fsp3) is 0.192. The monoisotopic (exact) mass is 443 g/mol. The molecule has 2 aromatic carbocycles. The van der Waals surface area contributed by atoms with Crippen molar-refractivity contribution in [3.8, 4) is 5.75 Å². The molecule has 0 aliphatic heterocycles. The lowest BCUT2D eigenvalue weighted by Crippen LogP contribution is -2.22. The van der Waals surface area contributed by atoms with E-state index in [1.54, 1.807) is 50.6 Å². The van der Waals surface area contributed by atoms with Gasteiger partial charge in [-0.3, -0.25) is 9.78 Å². The Balaban J connectivity index is 1.89. The zero-order valence-corrected chi connectivity index (χ0v) is 19.0. The molecular formula is C26H25N3O4. The van der Waals surface area contributed by atoms with Crippen molar-refractivity contribution in [3.05, 3.63) is 88.2 Å². The van der Waals surface area contributed by atoms with Crippen molar-refractivity contribution in [2.45, 2.75) is 27.4 Å². The van der Waals surface area contributed by atoms with Crippen LogP contribution in [-0.4, -0.2) is 23.1 Å². The molecule has 0 saturated heterocycles. The summed E-state index contributed by atoms with van der Waals surface area (Å²) in [5.74, 6) is 0.333. The van der Waals surface area contributed by atoms with Gasteiger partial charge >= 0.3 is 0 Å². The van der Waals surface area contributed by atoms with Gasteiger partial charge in [0.25, 0.3) is 5.91 Å². The minimum Gasteiger partial charge on any atom is -0.497 e. The fourth-order valence-electron chi connectivity index (χ4n) is 3.45. The van der Waals surface area contributed by atoms with Gasteiger partial charge in [0, 0.05) is 22.8 Å². The Bertz CT molecular complexity index is 1410. The summed E-state index contributed by atoms with van der Waals surface area (Å²) >= 11 is 0. The number of hydrogen-bond acceptors (Lipinski definition) is 6. The molecule has 7 heteroatoms. The lowest BCUT2D eigenvalue weighted by atomic mass is 10.1. The van der Waals surface area contributed by atoms with E-state index in [0.29, 0.717) is 39.4 Å². The van der Waals surface area contributed by atoms with Gasteiger partial charge < -0.3 is 19.6 Å². The Labute approximate surface area is 191 Å². The van der Waals surface area contributed by atoms with Crippen LogP contribution in [0.5, 0.6) is 5.75 Å². The van der Waals surface area contributed by atoms with E-state index >= 15 is 0 Å². The summed E-state index contributed by atoms with van der Waals surface area (Å²) in [6, 6.07) is 14.5. The van der Waals surface area contributed by atoms with Gasteiger partial charge in [0.2, 0.25) is 5.55 Å². The Hall–Kier alpha value is -3.97. The van der Waals surface area contributed by atoms with Crippen LogP contribution in [0.4, 0.5) is 11.4 Å². The largest absolute Gasteiger partial charge is 0.497 e. The molecule has 2 aromatic heterocycles. The van der Waals surface area contributed by atoms with Crippen LogP contribution in [-0.2, 0) is 6.61 Å². The number of aliphatic hydroxyl groups excluding tert-OH is 1. The molecule has 4 aromatic rings. The molecule has 1 amide bonds. The Morgan fingerprint density at radius 2 is 1.85 bits per heavy atom. The molecule has 0 bridgehead atoms. The number of carbonyl (C=O) groups is 1. The van der Waals surface area contributed by atoms with Crippen molar-refractivity contribution < 1.29 is 19.1 Å². The molecule has 2 heterocycles. The number of rotatable bonds is 5. The van der Waals surface area contributed by atoms with Gasteiger partial charge in [0.1, 0.15) is 11.3 Å². The summed E-state index contributed by atoms with van der Waals surface area (Å²) in [4.78, 5) is 22.2. The number of hydrogen-bond donors (Lipinski definition) is 2. The summed E-state index contributed by atoms with van der Waals surface area (Å²) in [5, 5.41) is 13.3. The number of carbonyl (C=O) groups excluding carboxylic acids is 1. The number of nitrogens with zero attached hydrogens (tertiary/aromatic N) is 2. The third-order valence-corrected chi connectivity index (χ3v) is 5.53. The highest BCUT2D eigenvalue weighted by atomic mass is 16.5. The predicted molar refractivity (Wildman–Crippen MR) is 127 cm³/mol. The maximum atomic E-state index is 13.3. The fourth-order valence-corrected chi connectivity index (χ4v) is 3.45. The first kappa shape index (κ1) is 22.2. The number of fused-ring (bicyclic) bond motifs is 1. The number of methoxy groups -OCH3 is 1. The second kappa shape index (κ2) is 9.26. The molecule has 7 nitrogen and oxygen atoms in total. The van der Waals surface area contributed by atoms with Crippen molar-refractivity contribution >= 4 is 28.3 Å². The number of aryl methyl sites for hydroxylation is 3. The summed E-state index contributed by atoms with van der Waals surface area (Å²) in [7, 11) is 1.59. The van der Waals surface area contributed by atoms with Gasteiger partial charge in [-0.2, -0.15) is 0 Å². The summed E-state index contributed by atoms with van der Waals surface area (Å²) in [5.41, 5.74) is 5.55. The maximum Gasteiger partial charge on any atom is 0.261 e. The molecule has 2 N–H and O–H groups in total. The SMILES string of the molecule is COc1ccc(N=c2oc3c(C)ncc(CO)c3cc2C(=O)Nc2ccc(C)c(C)c2)cc1. The minimum atomic E-state index is -0.366. The lowest BCUT2D eigenvalue weighted by Gasteiger charge is -2.11. The zero-order chi connectivity index (χ0) is 23.5. The molecule has 4 rings (SSSR count). The summed E-state index contributed by atoms with van der Waals surface area (Å²) < 4.78 is 11.3. The number of nitrogens with one attached hydrogen (secondary N) is 1. The quantitative estimate of drug-likeness (QED) is 0.464. The highest BCUT2D eigenvalue weighted by Gasteiger charge is 2.17. The Morgan fingerprint density at radius 3 is 2.52 bits per heavy atom. The van der Waals surface area contributed by atoms with E-state index in [1.807, 2.05) is 32.0 Å². The summed E-state index contributed by atoms with van der Waals surface area (Å²) in [6.07, 6.45) is 1.58. The highest BCUT2D eigenvalue weighted by Crippen LogP contribution is 2.23. The Kier molecular flexibility index (Phi) is 6.24. The first-order valence-electron chi connectivity index (χ1n) is 10.5. The van der Waals surface area contributed by atoms with Crippen LogP contribution in [0.15, 0.2) is 64.1 Å². The second-order valence-electron chi connectivity index (χ2n) is 7.80. The van der Waals surface area contributed by atoms with E-state index in [9.17, 15) is 9.90 Å². The van der Waals surface area contributed by atoms with Crippen molar-refractivity contribution in [1.82, 2.24) is 4.98 Å². The average molecular weight is 444 g/mol. The first-order chi connectivity index (χ1) is 15.9. The zero-order valence-electron chi connectivity index (χ0n) is 19.0. The van der Waals surface area contributed by atoms with Gasteiger partial charge in [0.15, 0.2) is 5.58 Å². The van der Waals surface area contributed by atoms with Crippen LogP contribution in [0.3, 0.4) is 0 Å². The van der Waals surface area contributed by atoms with Crippen LogP contribution in [0.25, 0.3) is 11.0 Å². The van der Waals surface area contributed by atoms with Gasteiger partial charge in [-0.25, -0.2) is 4.99 Å². The number of aromatic nitrogens is 1. The molecule has 0 unspecified atom stereocenters. The summed E-state index contributed by atoms with van der Waals surface area (Å²) in [6.45, 7) is 5.58. The van der Waals surface area contributed by atoms with Crippen molar-refractivity contribution in [2.75, 3.05) is 12.4 Å². The molecule has 0 atom stereocenters. The van der Waals surface area contributed by atoms with Crippen LogP contribution < -0.4 is 15.6 Å². The van der Waals surface area contributed by atoms with Crippen LogP contribution in [0.2, 0.25) is 0 Å². The lowest BCUT2D eigenvalue weighted by molar-refractivity contribution is 0.102. The molecule has 33 heavy (non-hydrogen) atoms. The number of ether oxygens (including phenoxy) is 1. The molecular weight excluding hydrogens is 418 g/mol. The van der Waals surface area contributed by atoms with Gasteiger partial charge in [-0.15, -0.1) is 0 Å². The molecule has 0 aliphatic rings. The van der Waals surface area contributed by atoms with Gasteiger partial charge in [0.05, 0.1) is 25.1 Å². The van der Waals surface area contributed by atoms with Gasteiger partial charge in [-0.05, 0) is 74.4 Å². The number of aliphatic hydroxyl groups is 1. The van der Waals surface area contributed by atoms with E-state index in [4.69, 9.17) is 9.15 Å². The topological polar surface area (TPSA) is 97.0 Å². The Morgan fingerprint density at radius 1 is 1.09 bits per heavy atom. The first-order valence-corrected chi connectivity index (χ1v) is 10.5. The van der Waals surface area contributed by atoms with E-state index in [2.05, 4.69) is 15.3 Å². The molecule has 0 saturated carbocycles. The minimum absolute atomic E-state index is 0.147. The molecule has 0 radical (unpaired) electrons. The van der Waals surface area contributed by atoms with Crippen LogP contribution in [0.1, 0.15) is 32.7 Å². The second-order valence-corrected chi connectivity index (χ2v) is 7.80. The standard InChI is InChI=1S/C26H25N3O4/c1-15-5-6-20(11-16(15)2)28-25(31)23-12-22-18(14-30)13-27-17(3)24(22)33-26(23)29-19-7-9-21(32-4)10-8-19/h5-13,30H,14H2,1-4H3,(H,28,31). The molecule has 0 spiro atoms. The predicted octanol–water partition coefficient (Wildman–Crippen LogP) is 4.74. The van der Waals surface area contributed by atoms with Crippen LogP contribution in [0, 0.1) is 20.8 Å². The number of benzene rings is 2. The van der Waals surface area contributed by atoms with E-state index < -0.39 is 0 Å². The highest BCUT2D eigenvalue weighted by molar-refractivity contribution is 6.05. The molecule has 168 valence electrons. The molecule has 0 fully saturated rings. The van der Waals surface area contributed by atoms with E-state index in [1.165, 1.54) is 0 Å². The maximum absolute atomic E-state index is 13.3. The van der Waals surface area contributed by atoms with Crippen molar-refractivity contribution in [3.63, 3.8) is 0 Å².